The highest BCUT2D eigenvalue weighted by atomic mass is 28.3. The van der Waals surface area contributed by atoms with Gasteiger partial charge in [-0.1, -0.05) is 97.2 Å². The molecule has 0 aromatic heterocycles. The van der Waals surface area contributed by atoms with Crippen molar-refractivity contribution in [3.63, 3.8) is 0 Å². The largest absolute Gasteiger partial charge is 0.0791 e. The van der Waals surface area contributed by atoms with Crippen LogP contribution in [-0.4, -0.2) is 17.6 Å². The highest BCUT2D eigenvalue weighted by Gasteiger charge is 2.00. The van der Waals surface area contributed by atoms with Crippen LogP contribution in [0.1, 0.15) is 11.1 Å². The van der Waals surface area contributed by atoms with Gasteiger partial charge in [-0.15, -0.1) is 0 Å². The van der Waals surface area contributed by atoms with Gasteiger partial charge in [0.2, 0.25) is 0 Å². The van der Waals surface area contributed by atoms with E-state index in [1.807, 2.05) is 0 Å². The summed E-state index contributed by atoms with van der Waals surface area (Å²) in [6.45, 7) is 9.31. The monoisotopic (exact) mass is 294 g/mol. The third-order valence-corrected chi connectivity index (χ3v) is 6.42. The van der Waals surface area contributed by atoms with Crippen molar-refractivity contribution in [3.8, 4) is 0 Å². The van der Waals surface area contributed by atoms with Gasteiger partial charge < -0.3 is 0 Å². The third kappa shape index (κ3) is 4.05. The van der Waals surface area contributed by atoms with Crippen molar-refractivity contribution in [3.05, 3.63) is 59.7 Å². The van der Waals surface area contributed by atoms with E-state index in [9.17, 15) is 0 Å². The van der Waals surface area contributed by atoms with Crippen LogP contribution in [0.5, 0.6) is 0 Å². The van der Waals surface area contributed by atoms with Crippen LogP contribution in [-0.2, 0) is 0 Å². The molecule has 2 rings (SSSR count). The van der Waals surface area contributed by atoms with E-state index in [2.05, 4.69) is 86.9 Å². The molecule has 2 aromatic rings. The maximum Gasteiger partial charge on any atom is 0.0791 e. The SMILES string of the molecule is C[Si](C)c1ccc(/C=C/c2ccc([Si](C)C)cc2)cc1. The first-order valence-electron chi connectivity index (χ1n) is 7.05. The van der Waals surface area contributed by atoms with Crippen molar-refractivity contribution in [2.75, 3.05) is 0 Å². The van der Waals surface area contributed by atoms with E-state index >= 15 is 0 Å². The highest BCUT2D eigenvalue weighted by Crippen LogP contribution is 2.07. The van der Waals surface area contributed by atoms with Crippen molar-refractivity contribution in [2.24, 2.45) is 0 Å². The minimum atomic E-state index is -0.329. The molecule has 0 aliphatic heterocycles. The number of hydrogen-bond acceptors (Lipinski definition) is 0. The van der Waals surface area contributed by atoms with E-state index in [1.54, 1.807) is 0 Å². The molecule has 0 bridgehead atoms. The normalized spacial score (nSPS) is 11.7. The Balaban J connectivity index is 2.08. The molecule has 0 N–H and O–H groups in total. The van der Waals surface area contributed by atoms with Crippen molar-refractivity contribution >= 4 is 40.1 Å². The first-order chi connectivity index (χ1) is 9.56. The van der Waals surface area contributed by atoms with Crippen LogP contribution >= 0.6 is 0 Å². The Hall–Kier alpha value is -1.39. The summed E-state index contributed by atoms with van der Waals surface area (Å²) in [7, 11) is -0.658. The second kappa shape index (κ2) is 6.86. The molecule has 2 aromatic carbocycles. The van der Waals surface area contributed by atoms with Gasteiger partial charge in [-0.3, -0.25) is 0 Å². The summed E-state index contributed by atoms with van der Waals surface area (Å²) in [5.74, 6) is 0. The van der Waals surface area contributed by atoms with Crippen LogP contribution in [0.2, 0.25) is 26.2 Å². The summed E-state index contributed by atoms with van der Waals surface area (Å²) in [6, 6.07) is 17.9. The fourth-order valence-corrected chi connectivity index (χ4v) is 3.71. The van der Waals surface area contributed by atoms with Crippen LogP contribution in [0.4, 0.5) is 0 Å². The molecule has 0 aliphatic carbocycles. The van der Waals surface area contributed by atoms with Crippen molar-refractivity contribution in [2.45, 2.75) is 26.2 Å². The summed E-state index contributed by atoms with van der Waals surface area (Å²) in [4.78, 5) is 0. The first kappa shape index (κ1) is 15.0. The Morgan fingerprint density at radius 1 is 0.550 bits per heavy atom. The zero-order valence-electron chi connectivity index (χ0n) is 12.8. The Morgan fingerprint density at radius 3 is 1.10 bits per heavy atom. The van der Waals surface area contributed by atoms with Gasteiger partial charge in [-0.2, -0.15) is 0 Å². The van der Waals surface area contributed by atoms with Crippen molar-refractivity contribution in [1.29, 1.82) is 0 Å². The lowest BCUT2D eigenvalue weighted by Gasteiger charge is -2.04. The van der Waals surface area contributed by atoms with E-state index in [1.165, 1.54) is 21.5 Å². The summed E-state index contributed by atoms with van der Waals surface area (Å²) in [5.41, 5.74) is 2.55. The fraction of sp³-hybridized carbons (Fsp3) is 0.222. The molecule has 0 fully saturated rings. The number of benzene rings is 2. The number of hydrogen-bond donors (Lipinski definition) is 0. The molecule has 0 spiro atoms. The second-order valence-electron chi connectivity index (χ2n) is 5.58. The molecular formula is C18H22Si2. The Morgan fingerprint density at radius 2 is 0.850 bits per heavy atom. The highest BCUT2D eigenvalue weighted by molar-refractivity contribution is 6.71. The lowest BCUT2D eigenvalue weighted by atomic mass is 10.1. The average molecular weight is 295 g/mol. The van der Waals surface area contributed by atoms with Gasteiger partial charge in [0.1, 0.15) is 0 Å². The summed E-state index contributed by atoms with van der Waals surface area (Å²) >= 11 is 0. The fourth-order valence-electron chi connectivity index (χ4n) is 2.05. The number of rotatable bonds is 4. The molecule has 2 heteroatoms. The van der Waals surface area contributed by atoms with Crippen LogP contribution in [0, 0.1) is 0 Å². The first-order valence-corrected chi connectivity index (χ1v) is 12.1. The molecule has 0 nitrogen and oxygen atoms in total. The third-order valence-electron chi connectivity index (χ3n) is 3.44. The molecule has 102 valence electrons. The molecule has 0 amide bonds. The van der Waals surface area contributed by atoms with Crippen LogP contribution in [0.15, 0.2) is 48.5 Å². The molecule has 0 saturated heterocycles. The van der Waals surface area contributed by atoms with Crippen LogP contribution < -0.4 is 10.4 Å². The minimum Gasteiger partial charge on any atom is -0.0671 e. The standard InChI is InChI=1S/C18H22Si2/c1-19(2)17-11-7-15(8-12-17)5-6-16-9-13-18(14-10-16)20(3)4/h5-14H,1-4H3/b6-5+. The Kier molecular flexibility index (Phi) is 5.15. The van der Waals surface area contributed by atoms with Gasteiger partial charge in [0.05, 0.1) is 17.6 Å². The smallest absolute Gasteiger partial charge is 0.0671 e. The topological polar surface area (TPSA) is 0 Å². The summed E-state index contributed by atoms with van der Waals surface area (Å²) in [6.07, 6.45) is 4.39. The van der Waals surface area contributed by atoms with E-state index in [0.29, 0.717) is 0 Å². The van der Waals surface area contributed by atoms with Gasteiger partial charge >= 0.3 is 0 Å². The predicted molar refractivity (Wildman–Crippen MR) is 96.0 cm³/mol. The molecule has 0 atom stereocenters. The van der Waals surface area contributed by atoms with E-state index < -0.39 is 0 Å². The van der Waals surface area contributed by atoms with Gasteiger partial charge in [-0.25, -0.2) is 0 Å². The molecule has 0 unspecified atom stereocenters. The van der Waals surface area contributed by atoms with Crippen LogP contribution in [0.25, 0.3) is 12.2 Å². The van der Waals surface area contributed by atoms with E-state index in [0.717, 1.165) is 0 Å². The lowest BCUT2D eigenvalue weighted by molar-refractivity contribution is 1.67. The molecule has 2 radical (unpaired) electrons. The molecular weight excluding hydrogens is 272 g/mol. The zero-order valence-corrected chi connectivity index (χ0v) is 14.8. The van der Waals surface area contributed by atoms with Gasteiger partial charge in [-0.05, 0) is 11.1 Å². The van der Waals surface area contributed by atoms with Gasteiger partial charge in [0, 0.05) is 0 Å². The summed E-state index contributed by atoms with van der Waals surface area (Å²) in [5, 5.41) is 2.99. The Labute approximate surface area is 126 Å². The minimum absolute atomic E-state index is 0.329. The second-order valence-corrected chi connectivity index (χ2v) is 10.7. The van der Waals surface area contributed by atoms with Crippen molar-refractivity contribution in [1.82, 2.24) is 0 Å². The quantitative estimate of drug-likeness (QED) is 0.595. The van der Waals surface area contributed by atoms with E-state index in [4.69, 9.17) is 0 Å². The molecule has 0 aliphatic rings. The molecule has 0 heterocycles. The molecule has 0 saturated carbocycles. The Bertz CT molecular complexity index is 510. The van der Waals surface area contributed by atoms with Crippen molar-refractivity contribution < 1.29 is 0 Å². The average Bonchev–Trinajstić information content (AvgIpc) is 2.46. The predicted octanol–water partition coefficient (Wildman–Crippen LogP) is 3.78. The van der Waals surface area contributed by atoms with Crippen LogP contribution in [0.3, 0.4) is 0 Å². The summed E-state index contributed by atoms with van der Waals surface area (Å²) < 4.78 is 0. The molecule has 20 heavy (non-hydrogen) atoms. The van der Waals surface area contributed by atoms with Gasteiger partial charge in [0.25, 0.3) is 0 Å². The van der Waals surface area contributed by atoms with E-state index in [-0.39, 0.29) is 17.6 Å². The van der Waals surface area contributed by atoms with Gasteiger partial charge in [0.15, 0.2) is 0 Å². The maximum atomic E-state index is 2.33. The maximum absolute atomic E-state index is 2.33. The zero-order chi connectivity index (χ0) is 14.5. The lowest BCUT2D eigenvalue weighted by Crippen LogP contribution is -2.21.